The molecule has 1 unspecified atom stereocenters. The number of carbonyl (C=O) groups is 7. The monoisotopic (exact) mass is 820 g/mol. The molecule has 16 nitrogen and oxygen atoms in total. The van der Waals surface area contributed by atoms with Gasteiger partial charge in [-0.05, 0) is 96.1 Å². The van der Waals surface area contributed by atoms with Crippen LogP contribution in [0.25, 0.3) is 0 Å². The maximum Gasteiger partial charge on any atom is 0.359 e. The lowest BCUT2D eigenvalue weighted by molar-refractivity contribution is -0.166. The summed E-state index contributed by atoms with van der Waals surface area (Å²) in [5, 5.41) is 11.6. The Morgan fingerprint density at radius 2 is 1.47 bits per heavy atom. The summed E-state index contributed by atoms with van der Waals surface area (Å²) < 4.78 is 15.6. The molecular formula is C43H60N6O10. The lowest BCUT2D eigenvalue weighted by Gasteiger charge is -2.36. The Hall–Kier alpha value is -5.51. The van der Waals surface area contributed by atoms with Gasteiger partial charge in [-0.3, -0.25) is 28.9 Å². The van der Waals surface area contributed by atoms with Gasteiger partial charge in [0.1, 0.15) is 23.9 Å². The van der Waals surface area contributed by atoms with Crippen molar-refractivity contribution in [1.82, 2.24) is 31.1 Å². The highest BCUT2D eigenvalue weighted by molar-refractivity contribution is 5.98. The molecule has 0 radical (unpaired) electrons. The first-order valence-electron chi connectivity index (χ1n) is 20.6. The van der Waals surface area contributed by atoms with Crippen LogP contribution in [0.1, 0.15) is 83.3 Å². The zero-order valence-corrected chi connectivity index (χ0v) is 34.8. The number of hydrogen-bond acceptors (Lipinski definition) is 11. The van der Waals surface area contributed by atoms with Crippen LogP contribution in [0, 0.1) is 0 Å². The average molecular weight is 821 g/mol. The molecule has 4 N–H and O–H groups in total. The average Bonchev–Trinajstić information content (AvgIpc) is 3.63. The van der Waals surface area contributed by atoms with Crippen molar-refractivity contribution < 1.29 is 47.8 Å². The highest BCUT2D eigenvalue weighted by Gasteiger charge is 2.45. The summed E-state index contributed by atoms with van der Waals surface area (Å²) in [5.41, 5.74) is 1.66. The molecule has 322 valence electrons. The van der Waals surface area contributed by atoms with Crippen LogP contribution >= 0.6 is 0 Å². The Morgan fingerprint density at radius 3 is 2.10 bits per heavy atom. The van der Waals surface area contributed by atoms with Crippen LogP contribution in [0.15, 0.2) is 54.6 Å². The molecule has 2 saturated heterocycles. The van der Waals surface area contributed by atoms with Gasteiger partial charge in [0.15, 0.2) is 0 Å². The van der Waals surface area contributed by atoms with Crippen LogP contribution in [0.2, 0.25) is 0 Å². The van der Waals surface area contributed by atoms with E-state index in [1.807, 2.05) is 30.3 Å². The van der Waals surface area contributed by atoms with Crippen molar-refractivity contribution in [3.63, 3.8) is 0 Å². The third kappa shape index (κ3) is 13.8. The largest absolute Gasteiger partial charge is 0.467 e. The molecule has 2 fully saturated rings. The van der Waals surface area contributed by atoms with Crippen molar-refractivity contribution in [3.05, 3.63) is 65.7 Å². The predicted octanol–water partition coefficient (Wildman–Crippen LogP) is 2.17. The number of amides is 5. The van der Waals surface area contributed by atoms with Crippen LogP contribution in [-0.4, -0.2) is 121 Å². The summed E-state index contributed by atoms with van der Waals surface area (Å²) in [6.07, 6.45) is 3.14. The number of fused-ring (bicyclic) bond motifs is 1. The highest BCUT2D eigenvalue weighted by atomic mass is 16.6. The molecule has 0 spiro atoms. The minimum absolute atomic E-state index is 0.0610. The van der Waals surface area contributed by atoms with Crippen LogP contribution in [0.3, 0.4) is 0 Å². The lowest BCUT2D eigenvalue weighted by atomic mass is 9.98. The first-order chi connectivity index (χ1) is 28.3. The Bertz CT molecular complexity index is 1720. The van der Waals surface area contributed by atoms with Gasteiger partial charge in [-0.25, -0.2) is 9.59 Å². The predicted molar refractivity (Wildman–Crippen MR) is 217 cm³/mol. The van der Waals surface area contributed by atoms with E-state index in [1.165, 1.54) is 6.92 Å². The third-order valence-corrected chi connectivity index (χ3v) is 10.5. The fourth-order valence-corrected chi connectivity index (χ4v) is 7.41. The third-order valence-electron chi connectivity index (χ3n) is 10.5. The molecule has 5 amide bonds. The van der Waals surface area contributed by atoms with Gasteiger partial charge in [-0.1, -0.05) is 55.3 Å². The Balaban J connectivity index is 1.43. The lowest BCUT2D eigenvalue weighted by Crippen LogP contribution is -2.59. The van der Waals surface area contributed by atoms with Crippen molar-refractivity contribution in [1.29, 1.82) is 0 Å². The molecule has 4 rings (SSSR count). The maximum atomic E-state index is 14.4. The number of carbonyl (C=O) groups excluding carboxylic acids is 7. The summed E-state index contributed by atoms with van der Waals surface area (Å²) in [6.45, 7) is 5.39. The van der Waals surface area contributed by atoms with Gasteiger partial charge >= 0.3 is 11.9 Å². The zero-order chi connectivity index (χ0) is 42.9. The van der Waals surface area contributed by atoms with E-state index in [0.29, 0.717) is 32.2 Å². The summed E-state index contributed by atoms with van der Waals surface area (Å²) in [6, 6.07) is 12.6. The standard InChI is InChI=1S/C43H60N6O10/c1-6-57-42(55)37(43(56)58-7-2)59-32-22-19-29(20-23-32)26-36(48(4)5)40(53)47-34-17-12-11-16-31-21-24-35(49(31)41(34)54)39(52)46-33(18-13-25-44-28(3)50)38(51)45-27-30-14-9-8-10-15-30/h8-10,14-15,19-20,22-23,31,33-37H,6-7,11-13,16-18,21,24-27H2,1-5H3,(H,44,50)(H,45,51)(H,46,52)(H,47,53)/t31?,33-,34-,35-,36-/m0/s1. The first-order valence-corrected chi connectivity index (χ1v) is 20.6. The molecule has 59 heavy (non-hydrogen) atoms. The van der Waals surface area contributed by atoms with E-state index in [0.717, 1.165) is 30.4 Å². The fourth-order valence-electron chi connectivity index (χ4n) is 7.41. The van der Waals surface area contributed by atoms with Gasteiger partial charge < -0.3 is 40.4 Å². The van der Waals surface area contributed by atoms with Crippen molar-refractivity contribution in [2.24, 2.45) is 0 Å². The zero-order valence-electron chi connectivity index (χ0n) is 34.8. The smallest absolute Gasteiger partial charge is 0.359 e. The summed E-state index contributed by atoms with van der Waals surface area (Å²) >= 11 is 0. The van der Waals surface area contributed by atoms with Crippen LogP contribution in [-0.2, 0) is 56.0 Å². The van der Waals surface area contributed by atoms with E-state index in [9.17, 15) is 33.6 Å². The number of esters is 2. The van der Waals surface area contributed by atoms with Gasteiger partial charge in [0.2, 0.25) is 29.5 Å². The van der Waals surface area contributed by atoms with Gasteiger partial charge in [0, 0.05) is 26.1 Å². The molecular weight excluding hydrogens is 761 g/mol. The second-order valence-electron chi connectivity index (χ2n) is 15.1. The van der Waals surface area contributed by atoms with Gasteiger partial charge in [-0.2, -0.15) is 0 Å². The minimum atomic E-state index is -1.59. The molecule has 2 aromatic rings. The SMILES string of the molecule is CCOC(=O)C(Oc1ccc(C[C@@H](C(=O)N[C@H]2CCCCC3CC[C@@H](C(=O)N[C@@H](CCCNC(C)=O)C(=O)NCc4ccccc4)N3C2=O)N(C)C)cc1)C(=O)OCC. The summed E-state index contributed by atoms with van der Waals surface area (Å²) in [4.78, 5) is 95.3. The molecule has 16 heteroatoms. The van der Waals surface area contributed by atoms with Gasteiger partial charge in [0.05, 0.1) is 19.3 Å². The fraction of sp³-hybridized carbons (Fsp3) is 0.558. The number of nitrogens with zero attached hydrogens (tertiary/aromatic N) is 2. The Kier molecular flexibility index (Phi) is 18.1. The summed E-state index contributed by atoms with van der Waals surface area (Å²) in [7, 11) is 3.54. The number of ether oxygens (including phenoxy) is 3. The number of rotatable bonds is 20. The molecule has 0 aromatic heterocycles. The number of hydrogen-bond donors (Lipinski definition) is 4. The molecule has 0 aliphatic carbocycles. The van der Waals surface area contributed by atoms with Gasteiger partial charge in [0.25, 0.3) is 6.10 Å². The number of likely N-dealkylation sites (N-methyl/N-ethyl adjacent to an activating group) is 1. The molecule has 2 aliphatic heterocycles. The molecule has 5 atom stereocenters. The molecule has 0 saturated carbocycles. The van der Waals surface area contributed by atoms with Crippen LogP contribution in [0.5, 0.6) is 5.75 Å². The number of nitrogens with one attached hydrogen (secondary N) is 4. The van der Waals surface area contributed by atoms with E-state index in [2.05, 4.69) is 21.3 Å². The van der Waals surface area contributed by atoms with Gasteiger partial charge in [-0.15, -0.1) is 0 Å². The topological polar surface area (TPSA) is 202 Å². The summed E-state index contributed by atoms with van der Waals surface area (Å²) in [5.74, 6) is -3.16. The Labute approximate surface area is 346 Å². The van der Waals surface area contributed by atoms with E-state index in [-0.39, 0.29) is 68.0 Å². The Morgan fingerprint density at radius 1 is 0.814 bits per heavy atom. The van der Waals surface area contributed by atoms with E-state index < -0.39 is 48.1 Å². The maximum absolute atomic E-state index is 14.4. The van der Waals surface area contributed by atoms with E-state index in [1.54, 1.807) is 62.0 Å². The van der Waals surface area contributed by atoms with Crippen LogP contribution in [0.4, 0.5) is 0 Å². The van der Waals surface area contributed by atoms with Crippen molar-refractivity contribution in [2.75, 3.05) is 33.9 Å². The quantitative estimate of drug-likeness (QED) is 0.0867. The minimum Gasteiger partial charge on any atom is -0.467 e. The number of benzene rings is 2. The van der Waals surface area contributed by atoms with Crippen LogP contribution < -0.4 is 26.0 Å². The molecule has 2 heterocycles. The second kappa shape index (κ2) is 23.2. The van der Waals surface area contributed by atoms with Crippen molar-refractivity contribution >= 4 is 41.5 Å². The van der Waals surface area contributed by atoms with Crippen molar-refractivity contribution in [2.45, 2.75) is 121 Å². The van der Waals surface area contributed by atoms with Crippen molar-refractivity contribution in [3.8, 4) is 5.75 Å². The highest BCUT2D eigenvalue weighted by Crippen LogP contribution is 2.32. The molecule has 2 aliphatic rings. The first kappa shape index (κ1) is 46.2. The molecule has 0 bridgehead atoms. The normalized spacial score (nSPS) is 18.7. The molecule has 2 aromatic carbocycles. The van der Waals surface area contributed by atoms with E-state index in [4.69, 9.17) is 14.2 Å². The second-order valence-corrected chi connectivity index (χ2v) is 15.1. The van der Waals surface area contributed by atoms with E-state index >= 15 is 0 Å².